The van der Waals surface area contributed by atoms with E-state index < -0.39 is 5.82 Å². The van der Waals surface area contributed by atoms with Gasteiger partial charge in [0.25, 0.3) is 11.4 Å². The van der Waals surface area contributed by atoms with Crippen LogP contribution in [0.3, 0.4) is 0 Å². The second-order valence-electron chi connectivity index (χ2n) is 11.9. The summed E-state index contributed by atoms with van der Waals surface area (Å²) in [7, 11) is 0. The summed E-state index contributed by atoms with van der Waals surface area (Å²) in [4.78, 5) is 31.5. The van der Waals surface area contributed by atoms with E-state index in [1.807, 2.05) is 41.3 Å². The molecule has 45 heavy (non-hydrogen) atoms. The first-order valence-electron chi connectivity index (χ1n) is 15.0. The minimum atomic E-state index is -0.516. The molecule has 2 fully saturated rings. The molecule has 0 radical (unpaired) electrons. The van der Waals surface area contributed by atoms with Gasteiger partial charge in [0.15, 0.2) is 5.82 Å². The molecule has 0 bridgehead atoms. The van der Waals surface area contributed by atoms with E-state index in [-0.39, 0.29) is 23.9 Å². The molecule has 0 unspecified atom stereocenters. The van der Waals surface area contributed by atoms with Crippen molar-refractivity contribution in [2.24, 2.45) is 0 Å². The monoisotopic (exact) mass is 606 g/mol. The van der Waals surface area contributed by atoms with Crippen LogP contribution in [0.2, 0.25) is 0 Å². The average Bonchev–Trinajstić information content (AvgIpc) is 3.63. The van der Waals surface area contributed by atoms with Gasteiger partial charge in [0, 0.05) is 53.9 Å². The standard InChI is InChI=1S/C34H31FN6O4/c1-20(2)28-12-13-29(38-37-28)21-5-10-27(11-6-21)44-30-15-22(3-4-23(30)17-40-19-25(35)7-14-31(40)42)34-36-33(39-45-34)24-16-32(43)41(18-24)26-8-9-26/h3-7,10-15,19-20,24,26H,8-9,16-18H2,1-2H3/t24-/m0/s1. The Morgan fingerprint density at radius 1 is 0.978 bits per heavy atom. The lowest BCUT2D eigenvalue weighted by atomic mass is 10.1. The van der Waals surface area contributed by atoms with E-state index in [2.05, 4.69) is 34.2 Å². The zero-order chi connectivity index (χ0) is 31.1. The summed E-state index contributed by atoms with van der Waals surface area (Å²) in [5, 5.41) is 12.9. The largest absolute Gasteiger partial charge is 0.457 e. The Hall–Kier alpha value is -5.19. The third-order valence-electron chi connectivity index (χ3n) is 8.21. The van der Waals surface area contributed by atoms with Gasteiger partial charge >= 0.3 is 0 Å². The second-order valence-corrected chi connectivity index (χ2v) is 11.9. The first kappa shape index (κ1) is 28.6. The van der Waals surface area contributed by atoms with Crippen molar-refractivity contribution < 1.29 is 18.4 Å². The Morgan fingerprint density at radius 2 is 1.78 bits per heavy atom. The number of nitrogens with zero attached hydrogens (tertiary/aromatic N) is 6. The molecule has 0 N–H and O–H groups in total. The highest BCUT2D eigenvalue weighted by molar-refractivity contribution is 5.80. The summed E-state index contributed by atoms with van der Waals surface area (Å²) in [5.74, 6) is 1.57. The Kier molecular flexibility index (Phi) is 7.44. The lowest BCUT2D eigenvalue weighted by Gasteiger charge is -2.14. The van der Waals surface area contributed by atoms with E-state index in [4.69, 9.17) is 9.26 Å². The molecule has 3 aromatic heterocycles. The van der Waals surface area contributed by atoms with Crippen molar-refractivity contribution in [1.82, 2.24) is 29.8 Å². The molecule has 0 spiro atoms. The molecule has 228 valence electrons. The van der Waals surface area contributed by atoms with Crippen molar-refractivity contribution in [3.8, 4) is 34.2 Å². The quantitative estimate of drug-likeness (QED) is 0.203. The highest BCUT2D eigenvalue weighted by Crippen LogP contribution is 2.37. The maximum absolute atomic E-state index is 14.0. The van der Waals surface area contributed by atoms with Crippen LogP contribution in [-0.2, 0) is 11.3 Å². The van der Waals surface area contributed by atoms with E-state index in [0.717, 1.165) is 35.9 Å². The molecular weight excluding hydrogens is 575 g/mol. The van der Waals surface area contributed by atoms with Gasteiger partial charge in [-0.3, -0.25) is 9.59 Å². The number of benzene rings is 2. The molecule has 2 aliphatic rings. The Balaban J connectivity index is 1.17. The molecule has 1 saturated heterocycles. The van der Waals surface area contributed by atoms with Crippen LogP contribution in [0.25, 0.3) is 22.7 Å². The molecule has 1 aliphatic heterocycles. The average molecular weight is 607 g/mol. The number of ether oxygens (including phenoxy) is 1. The predicted molar refractivity (Wildman–Crippen MR) is 163 cm³/mol. The molecule has 1 atom stereocenters. The maximum atomic E-state index is 14.0. The Morgan fingerprint density at radius 3 is 2.51 bits per heavy atom. The zero-order valence-corrected chi connectivity index (χ0v) is 24.9. The fourth-order valence-electron chi connectivity index (χ4n) is 5.51. The van der Waals surface area contributed by atoms with Gasteiger partial charge in [-0.05, 0) is 73.4 Å². The zero-order valence-electron chi connectivity index (χ0n) is 24.9. The van der Waals surface area contributed by atoms with E-state index in [0.29, 0.717) is 59.3 Å². The first-order chi connectivity index (χ1) is 21.8. The Labute approximate surface area is 258 Å². The van der Waals surface area contributed by atoms with Crippen molar-refractivity contribution in [2.45, 2.75) is 57.5 Å². The molecule has 4 heterocycles. The van der Waals surface area contributed by atoms with Gasteiger partial charge in [0.2, 0.25) is 5.91 Å². The van der Waals surface area contributed by atoms with Gasteiger partial charge in [-0.15, -0.1) is 0 Å². The SMILES string of the molecule is CC(C)c1ccc(-c2ccc(Oc3cc(-c4nc([C@H]5CC(=O)N(C6CC6)C5)no4)ccc3Cn3cc(F)ccc3=O)cc2)nn1. The van der Waals surface area contributed by atoms with Crippen LogP contribution in [0.1, 0.15) is 62.0 Å². The summed E-state index contributed by atoms with van der Waals surface area (Å²) >= 11 is 0. The van der Waals surface area contributed by atoms with Gasteiger partial charge < -0.3 is 18.7 Å². The van der Waals surface area contributed by atoms with E-state index in [1.165, 1.54) is 16.8 Å². The smallest absolute Gasteiger partial charge is 0.258 e. The number of likely N-dealkylation sites (tertiary alicyclic amines) is 1. The maximum Gasteiger partial charge on any atom is 0.258 e. The summed E-state index contributed by atoms with van der Waals surface area (Å²) in [6, 6.07) is 19.4. The van der Waals surface area contributed by atoms with Crippen molar-refractivity contribution >= 4 is 5.91 Å². The topological polar surface area (TPSA) is 116 Å². The highest BCUT2D eigenvalue weighted by atomic mass is 19.1. The number of halogens is 1. The van der Waals surface area contributed by atoms with Crippen LogP contribution in [0.4, 0.5) is 4.39 Å². The minimum Gasteiger partial charge on any atom is -0.457 e. The number of aromatic nitrogens is 5. The number of hydrogen-bond donors (Lipinski definition) is 0. The van der Waals surface area contributed by atoms with Gasteiger partial charge in [-0.2, -0.15) is 15.2 Å². The molecule has 10 nitrogen and oxygen atoms in total. The highest BCUT2D eigenvalue weighted by Gasteiger charge is 2.41. The lowest BCUT2D eigenvalue weighted by molar-refractivity contribution is -0.128. The van der Waals surface area contributed by atoms with Crippen molar-refractivity contribution in [2.75, 3.05) is 6.54 Å². The van der Waals surface area contributed by atoms with Crippen LogP contribution in [0, 0.1) is 5.82 Å². The van der Waals surface area contributed by atoms with Gasteiger partial charge in [-0.1, -0.05) is 25.1 Å². The van der Waals surface area contributed by atoms with Crippen LogP contribution < -0.4 is 10.3 Å². The third-order valence-corrected chi connectivity index (χ3v) is 8.21. The molecule has 2 aromatic carbocycles. The lowest BCUT2D eigenvalue weighted by Crippen LogP contribution is -2.27. The number of carbonyl (C=O) groups is 1. The van der Waals surface area contributed by atoms with Crippen molar-refractivity contribution in [3.63, 3.8) is 0 Å². The number of amides is 1. The predicted octanol–water partition coefficient (Wildman–Crippen LogP) is 5.94. The van der Waals surface area contributed by atoms with E-state index >= 15 is 0 Å². The van der Waals surface area contributed by atoms with Crippen LogP contribution in [-0.4, -0.2) is 48.3 Å². The van der Waals surface area contributed by atoms with Crippen LogP contribution >= 0.6 is 0 Å². The summed E-state index contributed by atoms with van der Waals surface area (Å²) in [5.41, 5.74) is 3.47. The van der Waals surface area contributed by atoms with Crippen LogP contribution in [0.5, 0.6) is 11.5 Å². The number of pyridine rings is 1. The van der Waals surface area contributed by atoms with Gasteiger partial charge in [0.05, 0.1) is 17.9 Å². The Bertz CT molecular complexity index is 1910. The second kappa shape index (κ2) is 11.7. The molecule has 1 saturated carbocycles. The normalized spacial score (nSPS) is 16.5. The molecule has 11 heteroatoms. The molecule has 1 aliphatic carbocycles. The molecular formula is C34H31FN6O4. The van der Waals surface area contributed by atoms with Gasteiger partial charge in [-0.25, -0.2) is 4.39 Å². The van der Waals surface area contributed by atoms with E-state index in [1.54, 1.807) is 18.2 Å². The molecule has 1 amide bonds. The fourth-order valence-corrected chi connectivity index (χ4v) is 5.51. The van der Waals surface area contributed by atoms with E-state index in [9.17, 15) is 14.0 Å². The number of rotatable bonds is 9. The van der Waals surface area contributed by atoms with Crippen LogP contribution in [0.15, 0.2) is 82.2 Å². The minimum absolute atomic E-state index is 0.0817. The summed E-state index contributed by atoms with van der Waals surface area (Å²) in [6.45, 7) is 4.82. The molecule has 7 rings (SSSR count). The third kappa shape index (κ3) is 6.11. The first-order valence-corrected chi connectivity index (χ1v) is 15.0. The van der Waals surface area contributed by atoms with Gasteiger partial charge in [0.1, 0.15) is 17.3 Å². The van der Waals surface area contributed by atoms with Crippen molar-refractivity contribution in [3.05, 3.63) is 106 Å². The summed E-state index contributed by atoms with van der Waals surface area (Å²) in [6.07, 6.45) is 3.64. The fraction of sp³-hybridized carbons (Fsp3) is 0.294. The number of hydrogen-bond acceptors (Lipinski definition) is 8. The van der Waals surface area contributed by atoms with Crippen molar-refractivity contribution in [1.29, 1.82) is 0 Å². The molecule has 5 aromatic rings. The summed E-state index contributed by atoms with van der Waals surface area (Å²) < 4.78 is 27.2. The number of carbonyl (C=O) groups excluding carboxylic acids is 1.